The largest absolute Gasteiger partial charge is 0.205 e. The summed E-state index contributed by atoms with van der Waals surface area (Å²) < 4.78 is 1.68. The Bertz CT molecular complexity index is 215. The van der Waals surface area contributed by atoms with Crippen molar-refractivity contribution in [3.05, 3.63) is 18.0 Å². The summed E-state index contributed by atoms with van der Waals surface area (Å²) in [5.41, 5.74) is 1.23. The molecule has 0 N–H and O–H groups in total. The summed E-state index contributed by atoms with van der Waals surface area (Å²) in [6, 6.07) is 2.06. The van der Waals surface area contributed by atoms with Gasteiger partial charge < -0.3 is 0 Å². The third kappa shape index (κ3) is 1.01. The zero-order valence-electron chi connectivity index (χ0n) is 4.92. The molecule has 0 amide bonds. The molecule has 0 bridgehead atoms. The minimum atomic E-state index is 0.767. The lowest BCUT2D eigenvalue weighted by molar-refractivity contribution is 0.936. The third-order valence-electron chi connectivity index (χ3n) is 1.57. The lowest BCUT2D eigenvalue weighted by atomic mass is 10.3. The van der Waals surface area contributed by atoms with Gasteiger partial charge in [-0.2, -0.15) is 5.10 Å². The number of hydrogen-bond donors (Lipinski definition) is 0. The van der Waals surface area contributed by atoms with Crippen LogP contribution < -0.4 is 0 Å². The van der Waals surface area contributed by atoms with Gasteiger partial charge in [0.05, 0.1) is 21.8 Å². The van der Waals surface area contributed by atoms with Gasteiger partial charge in [-0.1, -0.05) is 0 Å². The molecule has 1 saturated carbocycles. The summed E-state index contributed by atoms with van der Waals surface area (Å²) in [4.78, 5) is 0. The van der Waals surface area contributed by atoms with Crippen molar-refractivity contribution in [2.24, 2.45) is 0 Å². The monoisotopic (exact) mass is 186 g/mol. The van der Waals surface area contributed by atoms with Gasteiger partial charge in [-0.25, -0.2) is 3.71 Å². The maximum Gasteiger partial charge on any atom is 0.0743 e. The van der Waals surface area contributed by atoms with Crippen LogP contribution in [-0.4, -0.2) is 8.81 Å². The molecule has 1 aromatic heterocycles. The van der Waals surface area contributed by atoms with Crippen LogP contribution in [0.2, 0.25) is 0 Å². The highest BCUT2D eigenvalue weighted by Gasteiger charge is 2.25. The molecule has 0 radical (unpaired) electrons. The molecule has 2 rings (SSSR count). The fourth-order valence-corrected chi connectivity index (χ4v) is 1.21. The van der Waals surface area contributed by atoms with Gasteiger partial charge in [-0.15, -0.1) is 0 Å². The average Bonchev–Trinajstić information content (AvgIpc) is 2.58. The molecular weight excluding hydrogens is 180 g/mol. The Hall–Kier alpha value is -0.310. The molecule has 0 atom stereocenters. The van der Waals surface area contributed by atoms with Gasteiger partial charge in [0.25, 0.3) is 0 Å². The van der Waals surface area contributed by atoms with E-state index in [4.69, 9.17) is 0 Å². The maximum atomic E-state index is 4.21. The first kappa shape index (κ1) is 5.47. The van der Waals surface area contributed by atoms with Gasteiger partial charge in [0.2, 0.25) is 0 Å². The van der Waals surface area contributed by atoms with Crippen LogP contribution in [0.1, 0.15) is 24.5 Å². The van der Waals surface area contributed by atoms with Crippen LogP contribution in [0.3, 0.4) is 0 Å². The molecule has 0 aromatic carbocycles. The van der Waals surface area contributed by atoms with E-state index in [0.29, 0.717) is 0 Å². The first-order valence-electron chi connectivity index (χ1n) is 3.08. The van der Waals surface area contributed by atoms with E-state index < -0.39 is 0 Å². The van der Waals surface area contributed by atoms with Crippen LogP contribution >= 0.6 is 16.1 Å². The van der Waals surface area contributed by atoms with Crippen molar-refractivity contribution in [1.29, 1.82) is 0 Å². The quantitative estimate of drug-likeness (QED) is 0.656. The van der Waals surface area contributed by atoms with Crippen LogP contribution in [-0.2, 0) is 0 Å². The Morgan fingerprint density at radius 1 is 1.67 bits per heavy atom. The van der Waals surface area contributed by atoms with Crippen molar-refractivity contribution in [3.8, 4) is 0 Å². The molecule has 0 saturated heterocycles. The highest BCUT2D eigenvalue weighted by atomic mass is 79.9. The van der Waals surface area contributed by atoms with Crippen molar-refractivity contribution < 1.29 is 0 Å². The normalized spacial score (nSPS) is 18.3. The fraction of sp³-hybridized carbons (Fsp3) is 0.500. The molecular formula is C6H7BrN2. The Kier molecular flexibility index (Phi) is 1.12. The highest BCUT2D eigenvalue weighted by Crippen LogP contribution is 2.38. The highest BCUT2D eigenvalue weighted by molar-refractivity contribution is 9.08. The Balaban J connectivity index is 2.28. The Morgan fingerprint density at radius 3 is 2.89 bits per heavy atom. The predicted octanol–water partition coefficient (Wildman–Crippen LogP) is 1.92. The van der Waals surface area contributed by atoms with Gasteiger partial charge in [-0.3, -0.25) is 0 Å². The van der Waals surface area contributed by atoms with Crippen molar-refractivity contribution in [3.63, 3.8) is 0 Å². The van der Waals surface area contributed by atoms with Gasteiger partial charge in [0.1, 0.15) is 0 Å². The molecule has 48 valence electrons. The summed E-state index contributed by atoms with van der Waals surface area (Å²) in [6.45, 7) is 0. The molecule has 3 heteroatoms. The molecule has 1 aliphatic rings. The lowest BCUT2D eigenvalue weighted by Gasteiger charge is -1.83. The first-order chi connectivity index (χ1) is 4.36. The Morgan fingerprint density at radius 2 is 2.44 bits per heavy atom. The van der Waals surface area contributed by atoms with Crippen molar-refractivity contribution in [2.45, 2.75) is 18.8 Å². The zero-order chi connectivity index (χ0) is 6.27. The van der Waals surface area contributed by atoms with Crippen molar-refractivity contribution in [1.82, 2.24) is 8.81 Å². The summed E-state index contributed by atoms with van der Waals surface area (Å²) >= 11 is 3.23. The molecule has 9 heavy (non-hydrogen) atoms. The maximum absolute atomic E-state index is 4.21. The van der Waals surface area contributed by atoms with Crippen LogP contribution in [0.5, 0.6) is 0 Å². The lowest BCUT2D eigenvalue weighted by Crippen LogP contribution is -1.81. The van der Waals surface area contributed by atoms with E-state index in [1.54, 1.807) is 3.71 Å². The van der Waals surface area contributed by atoms with E-state index in [0.717, 1.165) is 5.92 Å². The number of aromatic nitrogens is 2. The minimum absolute atomic E-state index is 0.767. The summed E-state index contributed by atoms with van der Waals surface area (Å²) in [7, 11) is 0. The van der Waals surface area contributed by atoms with Crippen LogP contribution in [0.4, 0.5) is 0 Å². The van der Waals surface area contributed by atoms with Crippen LogP contribution in [0.25, 0.3) is 0 Å². The average molecular weight is 187 g/mol. The number of hydrogen-bond acceptors (Lipinski definition) is 1. The zero-order valence-corrected chi connectivity index (χ0v) is 6.50. The van der Waals surface area contributed by atoms with Gasteiger partial charge in [0.15, 0.2) is 0 Å². The van der Waals surface area contributed by atoms with E-state index in [1.165, 1.54) is 18.5 Å². The Labute approximate surface area is 62.2 Å². The molecule has 1 fully saturated rings. The minimum Gasteiger partial charge on any atom is -0.205 e. The van der Waals surface area contributed by atoms with E-state index >= 15 is 0 Å². The molecule has 0 spiro atoms. The predicted molar refractivity (Wildman–Crippen MR) is 38.5 cm³/mol. The molecule has 2 nitrogen and oxygen atoms in total. The summed E-state index contributed by atoms with van der Waals surface area (Å²) in [5, 5.41) is 4.21. The second-order valence-electron chi connectivity index (χ2n) is 2.40. The number of nitrogens with zero attached hydrogens (tertiary/aromatic N) is 2. The van der Waals surface area contributed by atoms with Crippen molar-refractivity contribution >= 4 is 16.1 Å². The fourth-order valence-electron chi connectivity index (χ4n) is 0.912. The van der Waals surface area contributed by atoms with Crippen LogP contribution in [0, 0.1) is 0 Å². The second-order valence-corrected chi connectivity index (χ2v) is 3.13. The van der Waals surface area contributed by atoms with Crippen molar-refractivity contribution in [2.75, 3.05) is 0 Å². The van der Waals surface area contributed by atoms with Gasteiger partial charge in [0, 0.05) is 12.1 Å². The molecule has 0 unspecified atom stereocenters. The summed E-state index contributed by atoms with van der Waals surface area (Å²) in [6.07, 6.45) is 4.57. The molecule has 1 aliphatic carbocycles. The molecule has 0 aliphatic heterocycles. The van der Waals surface area contributed by atoms with Crippen LogP contribution in [0.15, 0.2) is 12.3 Å². The third-order valence-corrected chi connectivity index (χ3v) is 1.97. The van der Waals surface area contributed by atoms with Gasteiger partial charge in [-0.05, 0) is 18.9 Å². The summed E-state index contributed by atoms with van der Waals surface area (Å²) in [5.74, 6) is 0.767. The van der Waals surface area contributed by atoms with Gasteiger partial charge >= 0.3 is 0 Å². The number of rotatable bonds is 1. The SMILES string of the molecule is Brn1ccc(C2CC2)n1. The standard InChI is InChI=1S/C6H7BrN2/c7-9-4-3-6(8-9)5-1-2-5/h3-5H,1-2H2. The second kappa shape index (κ2) is 1.84. The topological polar surface area (TPSA) is 17.8 Å². The smallest absolute Gasteiger partial charge is 0.0743 e. The van der Waals surface area contributed by atoms with E-state index in [1.807, 2.05) is 6.20 Å². The van der Waals surface area contributed by atoms with E-state index in [2.05, 4.69) is 27.3 Å². The number of halogens is 1. The first-order valence-corrected chi connectivity index (χ1v) is 3.79. The molecule has 1 aromatic rings. The van der Waals surface area contributed by atoms with E-state index in [-0.39, 0.29) is 0 Å². The molecule has 1 heterocycles. The van der Waals surface area contributed by atoms with E-state index in [9.17, 15) is 0 Å².